The molecule has 1 fully saturated rings. The molecule has 0 aromatic carbocycles. The maximum Gasteiger partial charge on any atom is 0.257 e. The van der Waals surface area contributed by atoms with Crippen LogP contribution in [0.3, 0.4) is 0 Å². The Morgan fingerprint density at radius 3 is 2.72 bits per heavy atom. The van der Waals surface area contributed by atoms with Gasteiger partial charge in [-0.25, -0.2) is 4.68 Å². The molecule has 1 saturated carbocycles. The molecule has 2 atom stereocenters. The molecule has 3 heterocycles. The van der Waals surface area contributed by atoms with E-state index in [-0.39, 0.29) is 5.91 Å². The van der Waals surface area contributed by atoms with Crippen molar-refractivity contribution in [3.05, 3.63) is 53.2 Å². The third-order valence-electron chi connectivity index (χ3n) is 5.38. The fourth-order valence-corrected chi connectivity index (χ4v) is 3.53. The number of amides is 1. The number of hydrogen-bond donors (Lipinski definition) is 0. The van der Waals surface area contributed by atoms with E-state index in [1.807, 2.05) is 19.1 Å². The maximum absolute atomic E-state index is 13.1. The molecule has 0 bridgehead atoms. The summed E-state index contributed by atoms with van der Waals surface area (Å²) in [4.78, 5) is 14.7. The van der Waals surface area contributed by atoms with Crippen LogP contribution in [-0.2, 0) is 13.0 Å². The van der Waals surface area contributed by atoms with Crippen molar-refractivity contribution in [2.24, 2.45) is 5.92 Å². The molecule has 1 aliphatic carbocycles. The molecule has 0 radical (unpaired) electrons. The number of ether oxygens (including phenoxy) is 1. The molecule has 0 unspecified atom stereocenters. The average Bonchev–Trinajstić information content (AvgIpc) is 3.12. The SMILES string of the molecule is CCc1c(C(=O)N(C)Cc2ccc([C@H]3C[C@H]3C)o2)cnn1-c1ccc(OC)nn1. The lowest BCUT2D eigenvalue weighted by atomic mass is 10.2. The van der Waals surface area contributed by atoms with Gasteiger partial charge in [0.2, 0.25) is 5.88 Å². The summed E-state index contributed by atoms with van der Waals surface area (Å²) < 4.78 is 12.6. The molecular weight excluding hydrogens is 370 g/mol. The van der Waals surface area contributed by atoms with Crippen molar-refractivity contribution in [1.29, 1.82) is 0 Å². The minimum atomic E-state index is -0.104. The Kier molecular flexibility index (Phi) is 5.08. The molecule has 8 heteroatoms. The summed E-state index contributed by atoms with van der Waals surface area (Å²) >= 11 is 0. The number of nitrogens with zero attached hydrogens (tertiary/aromatic N) is 5. The number of hydrogen-bond acceptors (Lipinski definition) is 6. The van der Waals surface area contributed by atoms with Crippen molar-refractivity contribution < 1.29 is 13.9 Å². The minimum absolute atomic E-state index is 0.104. The van der Waals surface area contributed by atoms with Gasteiger partial charge in [-0.2, -0.15) is 5.10 Å². The highest BCUT2D eigenvalue weighted by atomic mass is 16.5. The number of carbonyl (C=O) groups is 1. The van der Waals surface area contributed by atoms with Crippen LogP contribution in [0.2, 0.25) is 0 Å². The van der Waals surface area contributed by atoms with E-state index in [0.717, 1.165) is 17.2 Å². The van der Waals surface area contributed by atoms with Crippen LogP contribution >= 0.6 is 0 Å². The van der Waals surface area contributed by atoms with E-state index in [4.69, 9.17) is 9.15 Å². The molecule has 0 saturated heterocycles. The van der Waals surface area contributed by atoms with E-state index < -0.39 is 0 Å². The summed E-state index contributed by atoms with van der Waals surface area (Å²) in [5.74, 6) is 3.89. The first-order chi connectivity index (χ1) is 14.0. The Morgan fingerprint density at radius 1 is 1.31 bits per heavy atom. The summed E-state index contributed by atoms with van der Waals surface area (Å²) in [6, 6.07) is 7.46. The van der Waals surface area contributed by atoms with Crippen molar-refractivity contribution in [1.82, 2.24) is 24.9 Å². The number of aromatic nitrogens is 4. The normalized spacial score (nSPS) is 17.9. The maximum atomic E-state index is 13.1. The molecule has 0 aliphatic heterocycles. The van der Waals surface area contributed by atoms with Gasteiger partial charge >= 0.3 is 0 Å². The molecule has 3 aromatic rings. The van der Waals surface area contributed by atoms with Crippen LogP contribution < -0.4 is 4.74 Å². The quantitative estimate of drug-likeness (QED) is 0.610. The molecule has 152 valence electrons. The molecule has 4 rings (SSSR count). The Morgan fingerprint density at radius 2 is 2.10 bits per heavy atom. The van der Waals surface area contributed by atoms with Gasteiger partial charge in [0.25, 0.3) is 5.91 Å². The molecule has 1 aliphatic rings. The van der Waals surface area contributed by atoms with Crippen LogP contribution in [0.4, 0.5) is 0 Å². The third kappa shape index (κ3) is 3.74. The molecule has 0 N–H and O–H groups in total. The van der Waals surface area contributed by atoms with E-state index in [2.05, 4.69) is 22.2 Å². The first kappa shape index (κ1) is 19.2. The van der Waals surface area contributed by atoms with Gasteiger partial charge in [0.05, 0.1) is 31.1 Å². The van der Waals surface area contributed by atoms with E-state index in [1.165, 1.54) is 13.5 Å². The molecule has 8 nitrogen and oxygen atoms in total. The number of furan rings is 1. The van der Waals surface area contributed by atoms with Crippen molar-refractivity contribution in [3.8, 4) is 11.7 Å². The monoisotopic (exact) mass is 395 g/mol. The lowest BCUT2D eigenvalue weighted by molar-refractivity contribution is 0.0773. The Bertz CT molecular complexity index is 1010. The summed E-state index contributed by atoms with van der Waals surface area (Å²) in [5.41, 5.74) is 1.34. The second-order valence-electron chi connectivity index (χ2n) is 7.49. The Balaban J connectivity index is 1.51. The van der Waals surface area contributed by atoms with Crippen LogP contribution in [0.5, 0.6) is 5.88 Å². The van der Waals surface area contributed by atoms with Crippen LogP contribution in [-0.4, -0.2) is 44.9 Å². The van der Waals surface area contributed by atoms with E-state index in [9.17, 15) is 4.79 Å². The van der Waals surface area contributed by atoms with Gasteiger partial charge in [0.1, 0.15) is 11.5 Å². The molecule has 0 spiro atoms. The second-order valence-corrected chi connectivity index (χ2v) is 7.49. The van der Waals surface area contributed by atoms with Crippen LogP contribution in [0.1, 0.15) is 53.8 Å². The van der Waals surface area contributed by atoms with Crippen LogP contribution in [0, 0.1) is 5.92 Å². The topological polar surface area (TPSA) is 86.3 Å². The molecular formula is C21H25N5O3. The van der Waals surface area contributed by atoms with Gasteiger partial charge in [0.15, 0.2) is 5.82 Å². The van der Waals surface area contributed by atoms with Gasteiger partial charge in [0, 0.05) is 19.0 Å². The van der Waals surface area contributed by atoms with Crippen LogP contribution in [0.15, 0.2) is 34.9 Å². The second kappa shape index (κ2) is 7.69. The molecule has 3 aromatic heterocycles. The van der Waals surface area contributed by atoms with E-state index in [1.54, 1.807) is 35.0 Å². The fraction of sp³-hybridized carbons (Fsp3) is 0.429. The lowest BCUT2D eigenvalue weighted by Crippen LogP contribution is -2.26. The van der Waals surface area contributed by atoms with E-state index >= 15 is 0 Å². The zero-order valence-electron chi connectivity index (χ0n) is 17.1. The van der Waals surface area contributed by atoms with E-state index in [0.29, 0.717) is 42.1 Å². The van der Waals surface area contributed by atoms with Crippen molar-refractivity contribution >= 4 is 5.91 Å². The number of rotatable bonds is 7. The molecule has 29 heavy (non-hydrogen) atoms. The first-order valence-electron chi connectivity index (χ1n) is 9.80. The Hall–Kier alpha value is -3.16. The Labute approximate surface area is 169 Å². The minimum Gasteiger partial charge on any atom is -0.480 e. The van der Waals surface area contributed by atoms with Crippen molar-refractivity contribution in [2.75, 3.05) is 14.2 Å². The predicted octanol–water partition coefficient (Wildman–Crippen LogP) is 3.22. The summed E-state index contributed by atoms with van der Waals surface area (Å²) in [6.45, 7) is 4.62. The zero-order chi connectivity index (χ0) is 20.5. The highest BCUT2D eigenvalue weighted by Gasteiger charge is 2.36. The lowest BCUT2D eigenvalue weighted by Gasteiger charge is -2.16. The zero-order valence-corrected chi connectivity index (χ0v) is 17.1. The van der Waals surface area contributed by atoms with Gasteiger partial charge in [-0.1, -0.05) is 13.8 Å². The van der Waals surface area contributed by atoms with Gasteiger partial charge in [-0.15, -0.1) is 10.2 Å². The smallest absolute Gasteiger partial charge is 0.257 e. The van der Waals surface area contributed by atoms with Crippen molar-refractivity contribution in [2.45, 2.75) is 39.2 Å². The van der Waals surface area contributed by atoms with Crippen molar-refractivity contribution in [3.63, 3.8) is 0 Å². The fourth-order valence-electron chi connectivity index (χ4n) is 3.53. The highest BCUT2D eigenvalue weighted by Crippen LogP contribution is 2.47. The summed E-state index contributed by atoms with van der Waals surface area (Å²) in [5, 5.41) is 12.5. The first-order valence-corrected chi connectivity index (χ1v) is 9.80. The van der Waals surface area contributed by atoms with Gasteiger partial charge in [-0.05, 0) is 37.0 Å². The predicted molar refractivity (Wildman–Crippen MR) is 106 cm³/mol. The molecule has 1 amide bonds. The van der Waals surface area contributed by atoms with Gasteiger partial charge in [-0.3, -0.25) is 4.79 Å². The standard InChI is InChI=1S/C21H25N5O3/c1-5-17-16(11-22-26(17)19-8-9-20(28-4)24-23-19)21(27)25(3)12-14-6-7-18(29-14)15-10-13(15)2/h6-9,11,13,15H,5,10,12H2,1-4H3/t13-,15+/m1/s1. The van der Waals surface area contributed by atoms with Crippen LogP contribution in [0.25, 0.3) is 5.82 Å². The number of carbonyl (C=O) groups excluding carboxylic acids is 1. The summed E-state index contributed by atoms with van der Waals surface area (Å²) in [6.07, 6.45) is 3.39. The van der Waals surface area contributed by atoms with Gasteiger partial charge < -0.3 is 14.1 Å². The highest BCUT2D eigenvalue weighted by molar-refractivity contribution is 5.95. The number of methoxy groups -OCH3 is 1. The average molecular weight is 395 g/mol. The summed E-state index contributed by atoms with van der Waals surface area (Å²) in [7, 11) is 3.31. The largest absolute Gasteiger partial charge is 0.480 e. The third-order valence-corrected chi connectivity index (χ3v) is 5.38.